The van der Waals surface area contributed by atoms with E-state index in [-0.39, 0.29) is 5.91 Å². The van der Waals surface area contributed by atoms with Crippen LogP contribution in [0.25, 0.3) is 0 Å². The Hall–Kier alpha value is -1.35. The molecule has 2 fully saturated rings. The van der Waals surface area contributed by atoms with Crippen molar-refractivity contribution < 1.29 is 4.79 Å². The van der Waals surface area contributed by atoms with E-state index in [9.17, 15) is 4.79 Å². The van der Waals surface area contributed by atoms with Crippen LogP contribution in [-0.4, -0.2) is 24.5 Å². The van der Waals surface area contributed by atoms with Gasteiger partial charge in [-0.1, -0.05) is 56.7 Å². The summed E-state index contributed by atoms with van der Waals surface area (Å²) in [6.07, 6.45) is 12.5. The van der Waals surface area contributed by atoms with Gasteiger partial charge in [0.15, 0.2) is 0 Å². The Morgan fingerprint density at radius 1 is 0.913 bits per heavy atom. The Morgan fingerprint density at radius 3 is 2.17 bits per heavy atom. The van der Waals surface area contributed by atoms with Crippen LogP contribution in [0.15, 0.2) is 30.3 Å². The van der Waals surface area contributed by atoms with E-state index in [4.69, 9.17) is 0 Å². The molecule has 0 aromatic heterocycles. The van der Waals surface area contributed by atoms with Gasteiger partial charge in [0.25, 0.3) is 0 Å². The molecule has 0 spiro atoms. The third kappa shape index (κ3) is 4.57. The largest absolute Gasteiger partial charge is 0.308 e. The Morgan fingerprint density at radius 2 is 1.52 bits per heavy atom. The van der Waals surface area contributed by atoms with E-state index >= 15 is 0 Å². The lowest BCUT2D eigenvalue weighted by Gasteiger charge is -2.35. The number of amides is 1. The van der Waals surface area contributed by atoms with Crippen molar-refractivity contribution in [2.75, 3.05) is 11.4 Å². The van der Waals surface area contributed by atoms with Gasteiger partial charge in [0.1, 0.15) is 0 Å². The number of anilines is 1. The highest BCUT2D eigenvalue weighted by Gasteiger charge is 2.27. The van der Waals surface area contributed by atoms with E-state index in [0.29, 0.717) is 18.6 Å². The molecule has 1 aromatic carbocycles. The van der Waals surface area contributed by atoms with Crippen LogP contribution in [0.2, 0.25) is 0 Å². The zero-order valence-corrected chi connectivity index (χ0v) is 14.2. The summed E-state index contributed by atoms with van der Waals surface area (Å²) in [6, 6.07) is 11.2. The third-order valence-corrected chi connectivity index (χ3v) is 5.39. The van der Waals surface area contributed by atoms with Gasteiger partial charge in [-0.15, -0.1) is 0 Å². The number of para-hydroxylation sites is 1. The first-order chi connectivity index (χ1) is 11.3. The van der Waals surface area contributed by atoms with Crippen molar-refractivity contribution in [3.63, 3.8) is 0 Å². The molecule has 1 aromatic rings. The molecule has 126 valence electrons. The van der Waals surface area contributed by atoms with Crippen molar-refractivity contribution in [3.05, 3.63) is 30.3 Å². The number of rotatable bonds is 5. The second-order valence-corrected chi connectivity index (χ2v) is 7.11. The molecule has 2 aliphatic rings. The van der Waals surface area contributed by atoms with Gasteiger partial charge in [-0.05, 0) is 37.8 Å². The summed E-state index contributed by atoms with van der Waals surface area (Å²) in [5.41, 5.74) is 1.06. The molecule has 1 amide bonds. The molecule has 23 heavy (non-hydrogen) atoms. The minimum absolute atomic E-state index is 0.244. The minimum Gasteiger partial charge on any atom is -0.308 e. The summed E-state index contributed by atoms with van der Waals surface area (Å²) in [4.78, 5) is 15.0. The molecule has 3 nitrogen and oxygen atoms in total. The summed E-state index contributed by atoms with van der Waals surface area (Å²) in [7, 11) is 0. The molecule has 0 heterocycles. The molecule has 0 aliphatic heterocycles. The second kappa shape index (κ2) is 8.49. The highest BCUT2D eigenvalue weighted by Crippen LogP contribution is 2.27. The predicted octanol–water partition coefficient (Wildman–Crippen LogP) is 4.27. The van der Waals surface area contributed by atoms with Crippen LogP contribution in [0.1, 0.15) is 64.2 Å². The van der Waals surface area contributed by atoms with Crippen LogP contribution >= 0.6 is 0 Å². The van der Waals surface area contributed by atoms with Crippen LogP contribution < -0.4 is 10.2 Å². The van der Waals surface area contributed by atoms with Gasteiger partial charge >= 0.3 is 0 Å². The van der Waals surface area contributed by atoms with Gasteiger partial charge in [-0.3, -0.25) is 4.79 Å². The Balaban J connectivity index is 1.65. The van der Waals surface area contributed by atoms with Crippen molar-refractivity contribution in [1.82, 2.24) is 5.32 Å². The molecule has 0 unspecified atom stereocenters. The summed E-state index contributed by atoms with van der Waals surface area (Å²) in [6.45, 7) is 0.482. The van der Waals surface area contributed by atoms with E-state index in [0.717, 1.165) is 18.5 Å². The van der Waals surface area contributed by atoms with Crippen molar-refractivity contribution in [2.24, 2.45) is 0 Å². The Labute approximate surface area is 140 Å². The second-order valence-electron chi connectivity index (χ2n) is 7.11. The first-order valence-corrected chi connectivity index (χ1v) is 9.45. The number of carbonyl (C=O) groups excluding carboxylic acids is 1. The lowest BCUT2D eigenvalue weighted by molar-refractivity contribution is -0.118. The van der Waals surface area contributed by atoms with Crippen LogP contribution in [0.3, 0.4) is 0 Å². The van der Waals surface area contributed by atoms with Gasteiger partial charge in [0.2, 0.25) is 5.91 Å². The number of carbonyl (C=O) groups is 1. The summed E-state index contributed by atoms with van der Waals surface area (Å²) in [5, 5.41) is 3.52. The summed E-state index contributed by atoms with van der Waals surface area (Å²) in [5.74, 6) is 0.244. The number of nitrogens with zero attached hydrogens (tertiary/aromatic N) is 1. The molecular formula is C20H30N2O. The zero-order valence-electron chi connectivity index (χ0n) is 14.2. The van der Waals surface area contributed by atoms with Gasteiger partial charge in [-0.25, -0.2) is 0 Å². The smallest absolute Gasteiger partial charge is 0.241 e. The van der Waals surface area contributed by atoms with E-state index in [2.05, 4.69) is 22.3 Å². The SMILES string of the molecule is O=C(CNC1CCCCC1)N(c1ccccc1)C1CCCCC1. The highest BCUT2D eigenvalue weighted by molar-refractivity contribution is 5.95. The third-order valence-electron chi connectivity index (χ3n) is 5.39. The molecule has 3 rings (SSSR count). The van der Waals surface area contributed by atoms with Gasteiger partial charge in [0, 0.05) is 17.8 Å². The molecule has 0 radical (unpaired) electrons. The van der Waals surface area contributed by atoms with Crippen molar-refractivity contribution in [2.45, 2.75) is 76.3 Å². The number of hydrogen-bond donors (Lipinski definition) is 1. The number of benzene rings is 1. The standard InChI is InChI=1S/C20H30N2O/c23-20(16-21-17-10-4-1-5-11-17)22(18-12-6-2-7-13-18)19-14-8-3-9-15-19/h2,6-7,12-13,17,19,21H,1,3-5,8-11,14-16H2. The van der Waals surface area contributed by atoms with Crippen LogP contribution in [0.5, 0.6) is 0 Å². The first-order valence-electron chi connectivity index (χ1n) is 9.45. The van der Waals surface area contributed by atoms with Crippen LogP contribution in [0.4, 0.5) is 5.69 Å². The fourth-order valence-corrected chi connectivity index (χ4v) is 4.11. The Kier molecular flexibility index (Phi) is 6.09. The van der Waals surface area contributed by atoms with Crippen LogP contribution in [-0.2, 0) is 4.79 Å². The van der Waals surface area contributed by atoms with Crippen molar-refractivity contribution in [1.29, 1.82) is 0 Å². The molecule has 3 heteroatoms. The monoisotopic (exact) mass is 314 g/mol. The Bertz CT molecular complexity index is 476. The average Bonchev–Trinajstić information content (AvgIpc) is 2.63. The molecule has 2 aliphatic carbocycles. The van der Waals surface area contributed by atoms with Gasteiger partial charge in [-0.2, -0.15) is 0 Å². The van der Waals surface area contributed by atoms with E-state index < -0.39 is 0 Å². The molecule has 0 bridgehead atoms. The lowest BCUT2D eigenvalue weighted by atomic mass is 9.93. The predicted molar refractivity (Wildman–Crippen MR) is 95.7 cm³/mol. The minimum atomic E-state index is 0.244. The quantitative estimate of drug-likeness (QED) is 0.880. The topological polar surface area (TPSA) is 32.3 Å². The normalized spacial score (nSPS) is 20.3. The zero-order chi connectivity index (χ0) is 15.9. The maximum atomic E-state index is 12.9. The van der Waals surface area contributed by atoms with E-state index in [1.54, 1.807) is 0 Å². The molecule has 0 atom stereocenters. The number of hydrogen-bond acceptors (Lipinski definition) is 2. The van der Waals surface area contributed by atoms with Gasteiger partial charge < -0.3 is 10.2 Å². The number of nitrogens with one attached hydrogen (secondary N) is 1. The average molecular weight is 314 g/mol. The summed E-state index contributed by atoms with van der Waals surface area (Å²) < 4.78 is 0. The molecule has 1 N–H and O–H groups in total. The van der Waals surface area contributed by atoms with E-state index in [1.165, 1.54) is 51.4 Å². The van der Waals surface area contributed by atoms with Gasteiger partial charge in [0.05, 0.1) is 6.54 Å². The maximum absolute atomic E-state index is 12.9. The van der Waals surface area contributed by atoms with Crippen LogP contribution in [0, 0.1) is 0 Å². The fraction of sp³-hybridized carbons (Fsp3) is 0.650. The van der Waals surface area contributed by atoms with Crippen molar-refractivity contribution >= 4 is 11.6 Å². The van der Waals surface area contributed by atoms with E-state index in [1.807, 2.05) is 18.2 Å². The first kappa shape index (κ1) is 16.5. The lowest BCUT2D eigenvalue weighted by Crippen LogP contribution is -2.47. The molecule has 2 saturated carbocycles. The summed E-state index contributed by atoms with van der Waals surface area (Å²) >= 11 is 0. The highest BCUT2D eigenvalue weighted by atomic mass is 16.2. The maximum Gasteiger partial charge on any atom is 0.241 e. The fourth-order valence-electron chi connectivity index (χ4n) is 4.11. The van der Waals surface area contributed by atoms with Crippen molar-refractivity contribution in [3.8, 4) is 0 Å². The molecular weight excluding hydrogens is 284 g/mol. The molecule has 0 saturated heterocycles.